The van der Waals surface area contributed by atoms with E-state index in [9.17, 15) is 0 Å². The topological polar surface area (TPSA) is 0 Å². The molecule has 1 aliphatic rings. The molecule has 9 heavy (non-hydrogen) atoms. The molecular weight excluding hydrogens is 155 g/mol. The first-order valence-corrected chi connectivity index (χ1v) is 4.09. The lowest BCUT2D eigenvalue weighted by Gasteiger charge is -2.19. The van der Waals surface area contributed by atoms with E-state index < -0.39 is 4.33 Å². The summed E-state index contributed by atoms with van der Waals surface area (Å²) in [5, 5.41) is 0. The Morgan fingerprint density at radius 3 is 2.44 bits per heavy atom. The quantitative estimate of drug-likeness (QED) is 0.524. The number of hydrogen-bond donors (Lipinski definition) is 0. The highest BCUT2D eigenvalue weighted by Crippen LogP contribution is 2.45. The summed E-state index contributed by atoms with van der Waals surface area (Å²) in [4.78, 5) is 0. The van der Waals surface area contributed by atoms with E-state index in [-0.39, 0.29) is 0 Å². The van der Waals surface area contributed by atoms with E-state index in [1.165, 1.54) is 0 Å². The highest BCUT2D eigenvalue weighted by atomic mass is 35.5. The second-order valence-electron chi connectivity index (χ2n) is 2.64. The van der Waals surface area contributed by atoms with Gasteiger partial charge in [-0.25, -0.2) is 0 Å². The summed E-state index contributed by atoms with van der Waals surface area (Å²) < 4.78 is -0.457. The van der Waals surface area contributed by atoms with Crippen molar-refractivity contribution in [3.63, 3.8) is 0 Å². The summed E-state index contributed by atoms with van der Waals surface area (Å²) >= 11 is 11.9. The molecule has 0 aromatic rings. The van der Waals surface area contributed by atoms with E-state index in [1.54, 1.807) is 0 Å². The first-order valence-electron chi connectivity index (χ1n) is 3.34. The van der Waals surface area contributed by atoms with Crippen molar-refractivity contribution in [1.82, 2.24) is 0 Å². The van der Waals surface area contributed by atoms with Crippen LogP contribution in [-0.4, -0.2) is 4.33 Å². The highest BCUT2D eigenvalue weighted by molar-refractivity contribution is 6.48. The third-order valence-corrected chi connectivity index (χ3v) is 3.00. The fourth-order valence-corrected chi connectivity index (χ4v) is 2.06. The Hall–Kier alpha value is 0.580. The Bertz CT molecular complexity index is 99.1. The van der Waals surface area contributed by atoms with Crippen LogP contribution < -0.4 is 0 Å². The van der Waals surface area contributed by atoms with E-state index in [0.29, 0.717) is 5.92 Å². The van der Waals surface area contributed by atoms with Gasteiger partial charge < -0.3 is 0 Å². The molecule has 1 radical (unpaired) electrons. The fourth-order valence-electron chi connectivity index (χ4n) is 1.35. The van der Waals surface area contributed by atoms with Crippen molar-refractivity contribution in [1.29, 1.82) is 0 Å². The third-order valence-electron chi connectivity index (χ3n) is 2.01. The van der Waals surface area contributed by atoms with Crippen LogP contribution in [0.5, 0.6) is 0 Å². The molecule has 0 amide bonds. The SMILES string of the molecule is [CH2]CC1CCCC1(Cl)Cl. The minimum Gasteiger partial charge on any atom is -0.101 e. The Kier molecular flexibility index (Phi) is 2.28. The molecule has 0 heterocycles. The van der Waals surface area contributed by atoms with Gasteiger partial charge in [0.25, 0.3) is 0 Å². The molecule has 0 aromatic carbocycles. The molecule has 1 aliphatic carbocycles. The number of alkyl halides is 2. The van der Waals surface area contributed by atoms with Crippen LogP contribution in [0.4, 0.5) is 0 Å². The number of halogens is 2. The van der Waals surface area contributed by atoms with Gasteiger partial charge in [0.15, 0.2) is 0 Å². The van der Waals surface area contributed by atoms with Crippen LogP contribution in [0.2, 0.25) is 0 Å². The van der Waals surface area contributed by atoms with Crippen molar-refractivity contribution in [3.8, 4) is 0 Å². The van der Waals surface area contributed by atoms with Crippen LogP contribution in [0.3, 0.4) is 0 Å². The van der Waals surface area contributed by atoms with Crippen LogP contribution in [-0.2, 0) is 0 Å². The summed E-state index contributed by atoms with van der Waals surface area (Å²) in [6.45, 7) is 3.79. The maximum absolute atomic E-state index is 5.96. The van der Waals surface area contributed by atoms with E-state index >= 15 is 0 Å². The highest BCUT2D eigenvalue weighted by Gasteiger charge is 2.37. The predicted molar refractivity (Wildman–Crippen MR) is 41.8 cm³/mol. The van der Waals surface area contributed by atoms with Gasteiger partial charge in [-0.2, -0.15) is 0 Å². The molecule has 0 aromatic heterocycles. The van der Waals surface area contributed by atoms with Crippen molar-refractivity contribution in [3.05, 3.63) is 6.92 Å². The lowest BCUT2D eigenvalue weighted by Crippen LogP contribution is -2.17. The Balaban J connectivity index is 2.52. The first-order chi connectivity index (χ1) is 4.17. The van der Waals surface area contributed by atoms with Gasteiger partial charge in [0, 0.05) is 0 Å². The molecule has 0 saturated heterocycles. The van der Waals surface area contributed by atoms with Gasteiger partial charge in [0.2, 0.25) is 0 Å². The molecule has 1 fully saturated rings. The first kappa shape index (κ1) is 7.68. The molecular formula is C7H11Cl2. The van der Waals surface area contributed by atoms with Crippen molar-refractivity contribution in [2.45, 2.75) is 30.0 Å². The normalized spacial score (nSPS) is 33.0. The molecule has 1 atom stereocenters. The average Bonchev–Trinajstić information content (AvgIpc) is 2.08. The van der Waals surface area contributed by atoms with Gasteiger partial charge in [0.1, 0.15) is 4.33 Å². The second kappa shape index (κ2) is 2.67. The van der Waals surface area contributed by atoms with E-state index in [4.69, 9.17) is 23.2 Å². The molecule has 0 aliphatic heterocycles. The average molecular weight is 166 g/mol. The zero-order chi connectivity index (χ0) is 6.91. The zero-order valence-electron chi connectivity index (χ0n) is 5.37. The van der Waals surface area contributed by atoms with Gasteiger partial charge in [-0.05, 0) is 25.2 Å². The van der Waals surface area contributed by atoms with E-state index in [1.807, 2.05) is 0 Å². The van der Waals surface area contributed by atoms with Gasteiger partial charge in [-0.1, -0.05) is 13.3 Å². The summed E-state index contributed by atoms with van der Waals surface area (Å²) in [5.74, 6) is 0.431. The minimum atomic E-state index is -0.457. The molecule has 0 nitrogen and oxygen atoms in total. The number of rotatable bonds is 1. The molecule has 0 spiro atoms. The maximum Gasteiger partial charge on any atom is 0.121 e. The van der Waals surface area contributed by atoms with E-state index in [0.717, 1.165) is 25.7 Å². The summed E-state index contributed by atoms with van der Waals surface area (Å²) in [6.07, 6.45) is 4.12. The lowest BCUT2D eigenvalue weighted by atomic mass is 10.1. The van der Waals surface area contributed by atoms with Crippen molar-refractivity contribution in [2.75, 3.05) is 0 Å². The lowest BCUT2D eigenvalue weighted by molar-refractivity contribution is 0.529. The van der Waals surface area contributed by atoms with Crippen molar-refractivity contribution in [2.24, 2.45) is 5.92 Å². The zero-order valence-corrected chi connectivity index (χ0v) is 6.88. The molecule has 1 rings (SSSR count). The predicted octanol–water partition coefficient (Wildman–Crippen LogP) is 3.18. The summed E-state index contributed by atoms with van der Waals surface area (Å²) in [6, 6.07) is 0. The van der Waals surface area contributed by atoms with Gasteiger partial charge in [0.05, 0.1) is 0 Å². The molecule has 2 heteroatoms. The largest absolute Gasteiger partial charge is 0.121 e. The standard InChI is InChI=1S/C7H11Cl2/c1-2-6-4-3-5-7(6,8)9/h6H,1-5H2. The third kappa shape index (κ3) is 1.53. The van der Waals surface area contributed by atoms with E-state index in [2.05, 4.69) is 6.92 Å². The van der Waals surface area contributed by atoms with Gasteiger partial charge in [-0.15, -0.1) is 23.2 Å². The monoisotopic (exact) mass is 165 g/mol. The Morgan fingerprint density at radius 1 is 1.56 bits per heavy atom. The van der Waals surface area contributed by atoms with Crippen molar-refractivity contribution < 1.29 is 0 Å². The second-order valence-corrected chi connectivity index (χ2v) is 4.18. The smallest absolute Gasteiger partial charge is 0.101 e. The molecule has 1 unspecified atom stereocenters. The van der Waals surface area contributed by atoms with Crippen LogP contribution in [0.25, 0.3) is 0 Å². The Morgan fingerprint density at radius 2 is 2.22 bits per heavy atom. The van der Waals surface area contributed by atoms with Crippen LogP contribution >= 0.6 is 23.2 Å². The summed E-state index contributed by atoms with van der Waals surface area (Å²) in [5.41, 5.74) is 0. The Labute approximate surface area is 66.5 Å². The number of hydrogen-bond acceptors (Lipinski definition) is 0. The molecule has 53 valence electrons. The minimum absolute atomic E-state index is 0.431. The molecule has 0 N–H and O–H groups in total. The van der Waals surface area contributed by atoms with Crippen LogP contribution in [0.1, 0.15) is 25.7 Å². The van der Waals surface area contributed by atoms with Crippen molar-refractivity contribution >= 4 is 23.2 Å². The fraction of sp³-hybridized carbons (Fsp3) is 0.857. The summed E-state index contributed by atoms with van der Waals surface area (Å²) in [7, 11) is 0. The van der Waals surface area contributed by atoms with Gasteiger partial charge in [-0.3, -0.25) is 0 Å². The van der Waals surface area contributed by atoms with Crippen LogP contribution in [0.15, 0.2) is 0 Å². The maximum atomic E-state index is 5.96. The van der Waals surface area contributed by atoms with Crippen LogP contribution in [0, 0.1) is 12.8 Å². The van der Waals surface area contributed by atoms with Gasteiger partial charge >= 0.3 is 0 Å². The molecule has 0 bridgehead atoms. The molecule has 1 saturated carbocycles.